The predicted molar refractivity (Wildman–Crippen MR) is 90.3 cm³/mol. The Morgan fingerprint density at radius 3 is 2.43 bits per heavy atom. The van der Waals surface area contributed by atoms with Gasteiger partial charge in [0.25, 0.3) is 0 Å². The van der Waals surface area contributed by atoms with E-state index in [9.17, 15) is 0 Å². The first-order valence-corrected chi connectivity index (χ1v) is 8.60. The van der Waals surface area contributed by atoms with Crippen LogP contribution in [0.2, 0.25) is 0 Å². The summed E-state index contributed by atoms with van der Waals surface area (Å²) in [6, 6.07) is 4.39. The van der Waals surface area contributed by atoms with Crippen LogP contribution in [-0.4, -0.2) is 31.1 Å². The van der Waals surface area contributed by atoms with Gasteiger partial charge in [-0.05, 0) is 88.8 Å². The lowest BCUT2D eigenvalue weighted by molar-refractivity contribution is 0.295. The Labute approximate surface area is 130 Å². The zero-order valence-corrected chi connectivity index (χ0v) is 14.1. The molecule has 0 saturated carbocycles. The molecule has 2 nitrogen and oxygen atoms in total. The second-order valence-electron chi connectivity index (χ2n) is 6.52. The van der Waals surface area contributed by atoms with Gasteiger partial charge in [0.15, 0.2) is 0 Å². The van der Waals surface area contributed by atoms with E-state index in [4.69, 9.17) is 4.74 Å². The molecule has 0 radical (unpaired) electrons. The summed E-state index contributed by atoms with van der Waals surface area (Å²) in [5.74, 6) is 1.07. The lowest BCUT2D eigenvalue weighted by atomic mass is 10.1. The summed E-state index contributed by atoms with van der Waals surface area (Å²) >= 11 is 0. The van der Waals surface area contributed by atoms with E-state index in [1.54, 1.807) is 0 Å². The molecule has 2 heteroatoms. The molecule has 0 unspecified atom stereocenters. The number of hydrogen-bond acceptors (Lipinski definition) is 2. The molecule has 1 aliphatic rings. The highest BCUT2D eigenvalue weighted by atomic mass is 16.5. The zero-order chi connectivity index (χ0) is 15.1. The molecule has 0 spiro atoms. The average molecular weight is 289 g/mol. The van der Waals surface area contributed by atoms with Crippen LogP contribution < -0.4 is 4.74 Å². The van der Waals surface area contributed by atoms with Gasteiger partial charge in [0.05, 0.1) is 6.61 Å². The Balaban J connectivity index is 1.57. The van der Waals surface area contributed by atoms with Crippen LogP contribution in [0, 0.1) is 20.8 Å². The van der Waals surface area contributed by atoms with Crippen molar-refractivity contribution in [3.05, 3.63) is 28.8 Å². The van der Waals surface area contributed by atoms with Crippen molar-refractivity contribution in [1.29, 1.82) is 0 Å². The standard InChI is InChI=1S/C19H31NO/c1-16-14-17(2)18(3)19(15-16)21-13-9-5-4-6-10-20-11-7-8-12-20/h14-15H,4-13H2,1-3H3. The van der Waals surface area contributed by atoms with E-state index in [0.717, 1.165) is 12.4 Å². The summed E-state index contributed by atoms with van der Waals surface area (Å²) in [7, 11) is 0. The summed E-state index contributed by atoms with van der Waals surface area (Å²) in [5.41, 5.74) is 3.91. The van der Waals surface area contributed by atoms with Gasteiger partial charge in [0, 0.05) is 0 Å². The topological polar surface area (TPSA) is 12.5 Å². The molecule has 1 aromatic carbocycles. The van der Waals surface area contributed by atoms with Crippen molar-refractivity contribution in [2.75, 3.05) is 26.2 Å². The second-order valence-corrected chi connectivity index (χ2v) is 6.52. The number of hydrogen-bond donors (Lipinski definition) is 0. The van der Waals surface area contributed by atoms with Gasteiger partial charge in [-0.3, -0.25) is 0 Å². The molecule has 0 N–H and O–H groups in total. The highest BCUT2D eigenvalue weighted by Crippen LogP contribution is 2.23. The summed E-state index contributed by atoms with van der Waals surface area (Å²) in [6.07, 6.45) is 7.96. The van der Waals surface area contributed by atoms with Crippen LogP contribution >= 0.6 is 0 Å². The van der Waals surface area contributed by atoms with Gasteiger partial charge in [0.2, 0.25) is 0 Å². The average Bonchev–Trinajstić information content (AvgIpc) is 2.96. The smallest absolute Gasteiger partial charge is 0.122 e. The Kier molecular flexibility index (Phi) is 6.56. The number of aryl methyl sites for hydroxylation is 2. The second kappa shape index (κ2) is 8.43. The summed E-state index contributed by atoms with van der Waals surface area (Å²) in [6.45, 7) is 11.3. The van der Waals surface area contributed by atoms with E-state index in [2.05, 4.69) is 37.8 Å². The summed E-state index contributed by atoms with van der Waals surface area (Å²) in [5, 5.41) is 0. The van der Waals surface area contributed by atoms with Crippen molar-refractivity contribution >= 4 is 0 Å². The fraction of sp³-hybridized carbons (Fsp3) is 0.684. The van der Waals surface area contributed by atoms with Crippen molar-refractivity contribution < 1.29 is 4.74 Å². The van der Waals surface area contributed by atoms with Gasteiger partial charge in [-0.1, -0.05) is 18.9 Å². The van der Waals surface area contributed by atoms with E-state index in [1.165, 1.54) is 74.8 Å². The maximum absolute atomic E-state index is 5.97. The molecule has 1 heterocycles. The van der Waals surface area contributed by atoms with Gasteiger partial charge < -0.3 is 9.64 Å². The van der Waals surface area contributed by atoms with Crippen molar-refractivity contribution in [3.8, 4) is 5.75 Å². The molecule has 1 aromatic rings. The van der Waals surface area contributed by atoms with Crippen LogP contribution in [0.5, 0.6) is 5.75 Å². The fourth-order valence-corrected chi connectivity index (χ4v) is 3.13. The molecule has 0 aliphatic carbocycles. The lowest BCUT2D eigenvalue weighted by Crippen LogP contribution is -2.20. The van der Waals surface area contributed by atoms with Gasteiger partial charge in [0.1, 0.15) is 5.75 Å². The van der Waals surface area contributed by atoms with Gasteiger partial charge in [-0.15, -0.1) is 0 Å². The quantitative estimate of drug-likeness (QED) is 0.646. The third kappa shape index (κ3) is 5.35. The van der Waals surface area contributed by atoms with Crippen molar-refractivity contribution in [3.63, 3.8) is 0 Å². The summed E-state index contributed by atoms with van der Waals surface area (Å²) < 4.78 is 5.97. The minimum absolute atomic E-state index is 0.855. The first-order valence-electron chi connectivity index (χ1n) is 8.60. The third-order valence-corrected chi connectivity index (χ3v) is 4.59. The maximum atomic E-state index is 5.97. The minimum atomic E-state index is 0.855. The van der Waals surface area contributed by atoms with Crippen LogP contribution in [0.1, 0.15) is 55.2 Å². The van der Waals surface area contributed by atoms with Crippen LogP contribution in [0.15, 0.2) is 12.1 Å². The molecule has 1 fully saturated rings. The van der Waals surface area contributed by atoms with Crippen molar-refractivity contribution in [1.82, 2.24) is 4.90 Å². The van der Waals surface area contributed by atoms with Gasteiger partial charge in [-0.25, -0.2) is 0 Å². The van der Waals surface area contributed by atoms with Crippen LogP contribution in [0.3, 0.4) is 0 Å². The van der Waals surface area contributed by atoms with Crippen LogP contribution in [-0.2, 0) is 0 Å². The molecule has 0 bridgehead atoms. The molecule has 0 atom stereocenters. The highest BCUT2D eigenvalue weighted by molar-refractivity contribution is 5.41. The molecule has 2 rings (SSSR count). The number of benzene rings is 1. The van der Waals surface area contributed by atoms with Crippen molar-refractivity contribution in [2.24, 2.45) is 0 Å². The maximum Gasteiger partial charge on any atom is 0.122 e. The fourth-order valence-electron chi connectivity index (χ4n) is 3.13. The largest absolute Gasteiger partial charge is 0.493 e. The first kappa shape index (κ1) is 16.4. The normalized spacial score (nSPS) is 15.6. The number of nitrogens with zero attached hydrogens (tertiary/aromatic N) is 1. The zero-order valence-electron chi connectivity index (χ0n) is 14.1. The van der Waals surface area contributed by atoms with E-state index < -0.39 is 0 Å². The Hall–Kier alpha value is -1.02. The number of likely N-dealkylation sites (tertiary alicyclic amines) is 1. The molecule has 118 valence electrons. The molecule has 0 aromatic heterocycles. The summed E-state index contributed by atoms with van der Waals surface area (Å²) in [4.78, 5) is 2.61. The van der Waals surface area contributed by atoms with Crippen LogP contribution in [0.4, 0.5) is 0 Å². The number of rotatable bonds is 8. The number of ether oxygens (including phenoxy) is 1. The predicted octanol–water partition coefficient (Wildman–Crippen LogP) is 4.65. The van der Waals surface area contributed by atoms with E-state index in [-0.39, 0.29) is 0 Å². The molecule has 0 amide bonds. The monoisotopic (exact) mass is 289 g/mol. The Bertz CT molecular complexity index is 435. The highest BCUT2D eigenvalue weighted by Gasteiger charge is 2.10. The SMILES string of the molecule is Cc1cc(C)c(C)c(OCCCCCCN2CCCC2)c1. The third-order valence-electron chi connectivity index (χ3n) is 4.59. The van der Waals surface area contributed by atoms with Gasteiger partial charge in [-0.2, -0.15) is 0 Å². The molecule has 21 heavy (non-hydrogen) atoms. The molecule has 1 saturated heterocycles. The van der Waals surface area contributed by atoms with E-state index >= 15 is 0 Å². The van der Waals surface area contributed by atoms with Gasteiger partial charge >= 0.3 is 0 Å². The van der Waals surface area contributed by atoms with Crippen LogP contribution in [0.25, 0.3) is 0 Å². The molecular weight excluding hydrogens is 258 g/mol. The number of unbranched alkanes of at least 4 members (excludes halogenated alkanes) is 3. The lowest BCUT2D eigenvalue weighted by Gasteiger charge is -2.14. The first-order chi connectivity index (χ1) is 10.2. The Morgan fingerprint density at radius 1 is 0.952 bits per heavy atom. The molecule has 1 aliphatic heterocycles. The van der Waals surface area contributed by atoms with E-state index in [0.29, 0.717) is 0 Å². The Morgan fingerprint density at radius 2 is 1.67 bits per heavy atom. The van der Waals surface area contributed by atoms with E-state index in [1.807, 2.05) is 0 Å². The molecular formula is C19H31NO. The minimum Gasteiger partial charge on any atom is -0.493 e. The van der Waals surface area contributed by atoms with Crippen molar-refractivity contribution in [2.45, 2.75) is 59.3 Å².